The van der Waals surface area contributed by atoms with Gasteiger partial charge in [-0.2, -0.15) is 4.72 Å². The third-order valence-electron chi connectivity index (χ3n) is 5.67. The first kappa shape index (κ1) is 23.4. The summed E-state index contributed by atoms with van der Waals surface area (Å²) in [5, 5.41) is 19.5. The number of hydrogen-bond acceptors (Lipinski definition) is 5. The van der Waals surface area contributed by atoms with Gasteiger partial charge in [0, 0.05) is 22.2 Å². The molecule has 3 N–H and O–H groups in total. The van der Waals surface area contributed by atoms with E-state index in [1.54, 1.807) is 54.6 Å². The van der Waals surface area contributed by atoms with Gasteiger partial charge in [0.05, 0.1) is 0 Å². The van der Waals surface area contributed by atoms with Gasteiger partial charge in [0.15, 0.2) is 0 Å². The minimum absolute atomic E-state index is 0.0119. The summed E-state index contributed by atoms with van der Waals surface area (Å²) in [6.45, 7) is 0. The number of halogens is 1. The fourth-order valence-corrected chi connectivity index (χ4v) is 6.74. The summed E-state index contributed by atoms with van der Waals surface area (Å²) in [5.41, 5.74) is 0.475. The van der Waals surface area contributed by atoms with Gasteiger partial charge in [-0.25, -0.2) is 8.42 Å². The Morgan fingerprint density at radius 2 is 1.76 bits per heavy atom. The molecular formula is C23H20ClNO6S2. The third-order valence-corrected chi connectivity index (χ3v) is 9.06. The highest BCUT2D eigenvalue weighted by molar-refractivity contribution is 7.91. The summed E-state index contributed by atoms with van der Waals surface area (Å²) in [6.07, 6.45) is 0.221. The van der Waals surface area contributed by atoms with Gasteiger partial charge in [-0.1, -0.05) is 48.0 Å². The van der Waals surface area contributed by atoms with E-state index in [1.165, 1.54) is 6.07 Å². The number of benzene rings is 2. The molecule has 1 saturated carbocycles. The fraction of sp³-hybridized carbons (Fsp3) is 0.217. The monoisotopic (exact) mass is 505 g/mol. The van der Waals surface area contributed by atoms with Crippen molar-refractivity contribution in [2.45, 2.75) is 34.9 Å². The van der Waals surface area contributed by atoms with Gasteiger partial charge in [-0.05, 0) is 53.8 Å². The smallest absolute Gasteiger partial charge is 0.325 e. The molecule has 0 aliphatic heterocycles. The zero-order chi connectivity index (χ0) is 23.8. The molecule has 0 saturated heterocycles. The van der Waals surface area contributed by atoms with Gasteiger partial charge in [0.25, 0.3) is 10.0 Å². The number of thiophene rings is 1. The van der Waals surface area contributed by atoms with Crippen LogP contribution in [0.2, 0.25) is 5.02 Å². The number of sulfonamides is 1. The van der Waals surface area contributed by atoms with Crippen molar-refractivity contribution >= 4 is 44.9 Å². The van der Waals surface area contributed by atoms with E-state index in [9.17, 15) is 23.1 Å². The zero-order valence-electron chi connectivity index (χ0n) is 17.2. The normalized spacial score (nSPS) is 19.8. The Morgan fingerprint density at radius 3 is 2.42 bits per heavy atom. The van der Waals surface area contributed by atoms with Gasteiger partial charge in [0.2, 0.25) is 0 Å². The molecule has 4 rings (SSSR count). The van der Waals surface area contributed by atoms with Crippen LogP contribution in [0.4, 0.5) is 0 Å². The maximum atomic E-state index is 13.1. The molecule has 33 heavy (non-hydrogen) atoms. The summed E-state index contributed by atoms with van der Waals surface area (Å²) in [6, 6.07) is 17.0. The van der Waals surface area contributed by atoms with E-state index in [2.05, 4.69) is 4.72 Å². The molecule has 0 amide bonds. The molecule has 7 nitrogen and oxygen atoms in total. The van der Waals surface area contributed by atoms with Crippen LogP contribution in [0.1, 0.15) is 29.9 Å². The lowest BCUT2D eigenvalue weighted by Gasteiger charge is -2.16. The van der Waals surface area contributed by atoms with Crippen LogP contribution in [0.15, 0.2) is 64.9 Å². The lowest BCUT2D eigenvalue weighted by molar-refractivity contribution is -0.140. The first-order chi connectivity index (χ1) is 15.6. The van der Waals surface area contributed by atoms with Crippen molar-refractivity contribution in [3.05, 3.63) is 76.8 Å². The summed E-state index contributed by atoms with van der Waals surface area (Å²) >= 11 is 6.95. The Morgan fingerprint density at radius 1 is 1.06 bits per heavy atom. The van der Waals surface area contributed by atoms with E-state index < -0.39 is 33.4 Å². The summed E-state index contributed by atoms with van der Waals surface area (Å²) in [7, 11) is -4.11. The number of carbonyl (C=O) groups is 2. The maximum Gasteiger partial charge on any atom is 0.325 e. The van der Waals surface area contributed by atoms with Gasteiger partial charge in [-0.15, -0.1) is 11.3 Å². The lowest BCUT2D eigenvalue weighted by Crippen LogP contribution is -2.44. The fourth-order valence-electron chi connectivity index (χ4n) is 3.90. The number of carboxylic acids is 2. The molecule has 0 radical (unpaired) electrons. The Kier molecular flexibility index (Phi) is 6.32. The van der Waals surface area contributed by atoms with Gasteiger partial charge >= 0.3 is 11.9 Å². The van der Waals surface area contributed by atoms with Crippen molar-refractivity contribution in [3.8, 4) is 10.4 Å². The second kappa shape index (κ2) is 8.90. The van der Waals surface area contributed by atoms with Crippen molar-refractivity contribution < 1.29 is 28.2 Å². The molecule has 2 aromatic carbocycles. The van der Waals surface area contributed by atoms with Crippen LogP contribution in [-0.2, 0) is 26.0 Å². The molecule has 3 aromatic rings. The number of aliphatic carboxylic acids is 2. The number of hydrogen-bond donors (Lipinski definition) is 3. The molecule has 1 aliphatic carbocycles. The second-order valence-electron chi connectivity index (χ2n) is 7.86. The molecular weight excluding hydrogens is 486 g/mol. The molecule has 172 valence electrons. The van der Waals surface area contributed by atoms with E-state index in [-0.39, 0.29) is 23.5 Å². The zero-order valence-corrected chi connectivity index (χ0v) is 19.6. The van der Waals surface area contributed by atoms with Gasteiger partial charge in [-0.3, -0.25) is 9.59 Å². The summed E-state index contributed by atoms with van der Waals surface area (Å²) in [5.74, 6) is -2.82. The molecule has 1 aromatic heterocycles. The van der Waals surface area contributed by atoms with Crippen molar-refractivity contribution in [2.75, 3.05) is 0 Å². The largest absolute Gasteiger partial charge is 0.481 e. The predicted octanol–water partition coefficient (Wildman–Crippen LogP) is 4.37. The molecule has 2 unspecified atom stereocenters. The highest BCUT2D eigenvalue weighted by Crippen LogP contribution is 2.53. The van der Waals surface area contributed by atoms with Crippen LogP contribution < -0.4 is 4.72 Å². The Balaban J connectivity index is 1.59. The van der Waals surface area contributed by atoms with Gasteiger partial charge < -0.3 is 10.2 Å². The Bertz CT molecular complexity index is 1320. The van der Waals surface area contributed by atoms with Crippen LogP contribution in [-0.4, -0.2) is 36.1 Å². The first-order valence-corrected chi connectivity index (χ1v) is 12.7. The Hall–Kier alpha value is -2.72. The van der Waals surface area contributed by atoms with Crippen LogP contribution in [0.3, 0.4) is 0 Å². The first-order valence-electron chi connectivity index (χ1n) is 10.0. The van der Waals surface area contributed by atoms with Crippen molar-refractivity contribution in [1.29, 1.82) is 0 Å². The lowest BCUT2D eigenvalue weighted by atomic mass is 9.97. The maximum absolute atomic E-state index is 13.1. The van der Waals surface area contributed by atoms with E-state index in [1.807, 2.05) is 0 Å². The van der Waals surface area contributed by atoms with Crippen molar-refractivity contribution in [1.82, 2.24) is 4.72 Å². The average Bonchev–Trinajstić information content (AvgIpc) is 3.25. The van der Waals surface area contributed by atoms with Crippen LogP contribution in [0, 0.1) is 0 Å². The van der Waals surface area contributed by atoms with E-state index in [0.717, 1.165) is 16.9 Å². The van der Waals surface area contributed by atoms with E-state index >= 15 is 0 Å². The second-order valence-corrected chi connectivity index (χ2v) is 11.3. The predicted molar refractivity (Wildman–Crippen MR) is 125 cm³/mol. The van der Waals surface area contributed by atoms with Gasteiger partial charge in [0.1, 0.15) is 9.75 Å². The number of aryl methyl sites for hydroxylation is 1. The Labute approximate surface area is 199 Å². The third kappa shape index (κ3) is 4.81. The average molecular weight is 506 g/mol. The topological polar surface area (TPSA) is 121 Å². The summed E-state index contributed by atoms with van der Waals surface area (Å²) in [4.78, 5) is 23.9. The molecule has 0 bridgehead atoms. The van der Waals surface area contributed by atoms with Crippen LogP contribution in [0.25, 0.3) is 10.4 Å². The molecule has 1 heterocycles. The highest BCUT2D eigenvalue weighted by Gasteiger charge is 2.63. The highest BCUT2D eigenvalue weighted by atomic mass is 35.5. The number of nitrogens with one attached hydrogen (secondary N) is 1. The molecule has 2 atom stereocenters. The van der Waals surface area contributed by atoms with Crippen molar-refractivity contribution in [3.63, 3.8) is 0 Å². The summed E-state index contributed by atoms with van der Waals surface area (Å²) < 4.78 is 28.6. The minimum atomic E-state index is -4.11. The molecule has 1 aliphatic rings. The SMILES string of the molecule is O=C(O)CCc1ccccc1C1CC1(NS(=O)(=O)c1ccc(-c2ccc(Cl)cc2)s1)C(=O)O. The molecule has 0 spiro atoms. The van der Waals surface area contributed by atoms with E-state index in [4.69, 9.17) is 16.7 Å². The molecule has 10 heteroatoms. The quantitative estimate of drug-likeness (QED) is 0.397. The van der Waals surface area contributed by atoms with Crippen molar-refractivity contribution in [2.24, 2.45) is 0 Å². The molecule has 1 fully saturated rings. The van der Waals surface area contributed by atoms with E-state index in [0.29, 0.717) is 21.0 Å². The standard InChI is InChI=1S/C23H20ClNO6S2/c24-16-8-5-15(6-9-16)19-10-12-21(32-19)33(30,31)25-23(22(28)29)13-18(23)17-4-2-1-3-14(17)7-11-20(26)27/h1-6,8-10,12,18,25H,7,11,13H2,(H,26,27)(H,28,29). The van der Waals surface area contributed by atoms with Crippen LogP contribution in [0.5, 0.6) is 0 Å². The number of carboxylic acid groups (broad SMARTS) is 2. The van der Waals surface area contributed by atoms with Crippen LogP contribution >= 0.6 is 22.9 Å². The minimum Gasteiger partial charge on any atom is -0.481 e. The number of rotatable bonds is 9.